The molecule has 164 valence electrons. The first kappa shape index (κ1) is 21.4. The minimum absolute atomic E-state index is 0.0945. The number of hydrogen-bond donors (Lipinski definition) is 2. The fourth-order valence-corrected chi connectivity index (χ4v) is 5.58. The number of nitrogens with zero attached hydrogens (tertiary/aromatic N) is 1. The maximum absolute atomic E-state index is 12.7. The van der Waals surface area contributed by atoms with E-state index >= 15 is 0 Å². The van der Waals surface area contributed by atoms with Crippen LogP contribution in [-0.4, -0.2) is 19.3 Å². The van der Waals surface area contributed by atoms with E-state index in [1.165, 1.54) is 47.7 Å². The number of hydrogen-bond acceptors (Lipinski definition) is 5. The largest absolute Gasteiger partial charge is 0.298 e. The van der Waals surface area contributed by atoms with Crippen molar-refractivity contribution in [2.24, 2.45) is 0 Å². The predicted molar refractivity (Wildman–Crippen MR) is 134 cm³/mol. The minimum Gasteiger partial charge on any atom is -0.298 e. The van der Waals surface area contributed by atoms with Crippen molar-refractivity contribution in [1.29, 1.82) is 0 Å². The van der Waals surface area contributed by atoms with Gasteiger partial charge in [0.1, 0.15) is 0 Å². The normalized spacial score (nSPS) is 11.5. The highest BCUT2D eigenvalue weighted by Crippen LogP contribution is 2.32. The summed E-state index contributed by atoms with van der Waals surface area (Å²) in [6.45, 7) is 0. The average molecular weight is 494 g/mol. The summed E-state index contributed by atoms with van der Waals surface area (Å²) >= 11 is 7.23. The van der Waals surface area contributed by atoms with Gasteiger partial charge in [-0.25, -0.2) is 13.4 Å². The van der Waals surface area contributed by atoms with Crippen LogP contribution in [-0.2, 0) is 10.0 Å². The number of carbonyl (C=O) groups is 1. The second kappa shape index (κ2) is 8.47. The summed E-state index contributed by atoms with van der Waals surface area (Å²) in [5, 5.41) is 5.98. The van der Waals surface area contributed by atoms with E-state index in [0.29, 0.717) is 21.4 Å². The van der Waals surface area contributed by atoms with Gasteiger partial charge in [-0.2, -0.15) is 0 Å². The molecular formula is C24H16ClN3O3S2. The number of benzene rings is 4. The first-order valence-corrected chi connectivity index (χ1v) is 12.5. The van der Waals surface area contributed by atoms with E-state index in [2.05, 4.69) is 15.0 Å². The van der Waals surface area contributed by atoms with Gasteiger partial charge in [-0.3, -0.25) is 14.8 Å². The second-order valence-electron chi connectivity index (χ2n) is 7.24. The maximum atomic E-state index is 12.7. The summed E-state index contributed by atoms with van der Waals surface area (Å²) in [5.74, 6) is -0.328. The molecule has 33 heavy (non-hydrogen) atoms. The van der Waals surface area contributed by atoms with Crippen LogP contribution in [0.1, 0.15) is 10.4 Å². The Kier molecular flexibility index (Phi) is 5.49. The second-order valence-corrected chi connectivity index (χ2v) is 10.4. The zero-order valence-electron chi connectivity index (χ0n) is 16.9. The van der Waals surface area contributed by atoms with E-state index in [4.69, 9.17) is 11.6 Å². The molecule has 1 aromatic heterocycles. The Labute approximate surface area is 198 Å². The fourth-order valence-electron chi connectivity index (χ4n) is 3.40. The van der Waals surface area contributed by atoms with Gasteiger partial charge < -0.3 is 0 Å². The van der Waals surface area contributed by atoms with E-state index in [-0.39, 0.29) is 10.8 Å². The number of carbonyl (C=O) groups excluding carboxylic acids is 1. The van der Waals surface area contributed by atoms with E-state index in [9.17, 15) is 13.2 Å². The smallest absolute Gasteiger partial charge is 0.261 e. The van der Waals surface area contributed by atoms with Crippen LogP contribution >= 0.6 is 22.9 Å². The van der Waals surface area contributed by atoms with Crippen molar-refractivity contribution in [3.05, 3.63) is 95.5 Å². The predicted octanol–water partition coefficient (Wildman–Crippen LogP) is 6.16. The molecular weight excluding hydrogens is 478 g/mol. The van der Waals surface area contributed by atoms with Crippen molar-refractivity contribution in [3.8, 4) is 0 Å². The average Bonchev–Trinajstić information content (AvgIpc) is 3.22. The molecule has 0 saturated carbocycles. The lowest BCUT2D eigenvalue weighted by molar-refractivity contribution is 0.102. The summed E-state index contributed by atoms with van der Waals surface area (Å²) in [5.41, 5.74) is 1.54. The molecule has 9 heteroatoms. The van der Waals surface area contributed by atoms with Gasteiger partial charge in [0.05, 0.1) is 15.1 Å². The quantitative estimate of drug-likeness (QED) is 0.307. The third-order valence-electron chi connectivity index (χ3n) is 5.02. The highest BCUT2D eigenvalue weighted by Gasteiger charge is 2.15. The molecule has 0 radical (unpaired) electrons. The number of amides is 1. The molecule has 5 rings (SSSR count). The molecule has 0 unspecified atom stereocenters. The highest BCUT2D eigenvalue weighted by atomic mass is 35.5. The maximum Gasteiger partial charge on any atom is 0.261 e. The first-order valence-electron chi connectivity index (χ1n) is 9.87. The van der Waals surface area contributed by atoms with Gasteiger partial charge >= 0.3 is 0 Å². The summed E-state index contributed by atoms with van der Waals surface area (Å²) in [6.07, 6.45) is 0. The molecule has 4 aromatic carbocycles. The van der Waals surface area contributed by atoms with Crippen LogP contribution in [0.4, 0.5) is 10.8 Å². The van der Waals surface area contributed by atoms with Gasteiger partial charge in [-0.1, -0.05) is 53.3 Å². The lowest BCUT2D eigenvalue weighted by Crippen LogP contribution is -2.14. The molecule has 0 spiro atoms. The standard InChI is InChI=1S/C24H16ClN3O3S2/c25-17-8-12-19(13-9-17)33(30,31)28-18-10-5-16(6-11-18)23(29)27-24-26-21-14-7-15-3-1-2-4-20(15)22(21)32-24/h1-14,28H,(H,26,27,29). The van der Waals surface area contributed by atoms with Crippen LogP contribution in [0.15, 0.2) is 89.8 Å². The number of rotatable bonds is 5. The van der Waals surface area contributed by atoms with E-state index in [0.717, 1.165) is 21.0 Å². The van der Waals surface area contributed by atoms with Crippen LogP contribution in [0.25, 0.3) is 21.0 Å². The SMILES string of the molecule is O=C(Nc1nc2ccc3ccccc3c2s1)c1ccc(NS(=O)(=O)c2ccc(Cl)cc2)cc1. The number of anilines is 2. The van der Waals surface area contributed by atoms with Crippen LogP contribution in [0.2, 0.25) is 5.02 Å². The molecule has 1 heterocycles. The number of thiazole rings is 1. The lowest BCUT2D eigenvalue weighted by atomic mass is 10.1. The third-order valence-corrected chi connectivity index (χ3v) is 7.69. The molecule has 0 aliphatic carbocycles. The van der Waals surface area contributed by atoms with Crippen LogP contribution in [0.3, 0.4) is 0 Å². The zero-order chi connectivity index (χ0) is 23.0. The molecule has 0 aliphatic heterocycles. The molecule has 0 fully saturated rings. The Morgan fingerprint density at radius 2 is 1.61 bits per heavy atom. The summed E-state index contributed by atoms with van der Waals surface area (Å²) in [7, 11) is -3.76. The third kappa shape index (κ3) is 4.41. The van der Waals surface area contributed by atoms with Crippen LogP contribution in [0.5, 0.6) is 0 Å². The highest BCUT2D eigenvalue weighted by molar-refractivity contribution is 7.92. The number of sulfonamides is 1. The fraction of sp³-hybridized carbons (Fsp3) is 0. The first-order chi connectivity index (χ1) is 15.9. The number of fused-ring (bicyclic) bond motifs is 3. The summed E-state index contributed by atoms with van der Waals surface area (Å²) < 4.78 is 28.5. The molecule has 0 atom stereocenters. The molecule has 1 amide bonds. The van der Waals surface area contributed by atoms with Crippen molar-refractivity contribution < 1.29 is 13.2 Å². The van der Waals surface area contributed by atoms with Gasteiger partial charge in [-0.15, -0.1) is 0 Å². The van der Waals surface area contributed by atoms with Crippen molar-refractivity contribution in [2.45, 2.75) is 4.90 Å². The van der Waals surface area contributed by atoms with Crippen LogP contribution < -0.4 is 10.0 Å². The summed E-state index contributed by atoms with van der Waals surface area (Å²) in [6, 6.07) is 24.0. The molecule has 0 aliphatic rings. The van der Waals surface area contributed by atoms with Crippen molar-refractivity contribution in [3.63, 3.8) is 0 Å². The van der Waals surface area contributed by atoms with Gasteiger partial charge in [0.2, 0.25) is 0 Å². The number of aromatic nitrogens is 1. The van der Waals surface area contributed by atoms with Crippen molar-refractivity contribution >= 4 is 70.7 Å². The summed E-state index contributed by atoms with van der Waals surface area (Å²) in [4.78, 5) is 17.3. The number of nitrogens with one attached hydrogen (secondary N) is 2. The van der Waals surface area contributed by atoms with E-state index < -0.39 is 10.0 Å². The van der Waals surface area contributed by atoms with Gasteiger partial charge in [0.25, 0.3) is 15.9 Å². The Morgan fingerprint density at radius 3 is 2.36 bits per heavy atom. The molecule has 0 bridgehead atoms. The monoisotopic (exact) mass is 493 g/mol. The minimum atomic E-state index is -3.76. The Bertz CT molecular complexity index is 1600. The van der Waals surface area contributed by atoms with Crippen LogP contribution in [0, 0.1) is 0 Å². The Balaban J connectivity index is 1.32. The zero-order valence-corrected chi connectivity index (χ0v) is 19.3. The molecule has 0 saturated heterocycles. The van der Waals surface area contributed by atoms with E-state index in [1.54, 1.807) is 12.1 Å². The molecule has 5 aromatic rings. The molecule has 6 nitrogen and oxygen atoms in total. The van der Waals surface area contributed by atoms with Crippen molar-refractivity contribution in [1.82, 2.24) is 4.98 Å². The van der Waals surface area contributed by atoms with E-state index in [1.807, 2.05) is 36.4 Å². The Hall–Kier alpha value is -3.46. The number of halogens is 1. The van der Waals surface area contributed by atoms with Gasteiger partial charge in [-0.05, 0) is 60.0 Å². The van der Waals surface area contributed by atoms with Crippen molar-refractivity contribution in [2.75, 3.05) is 10.0 Å². The lowest BCUT2D eigenvalue weighted by Gasteiger charge is -2.09. The topological polar surface area (TPSA) is 88.2 Å². The Morgan fingerprint density at radius 1 is 0.879 bits per heavy atom. The van der Waals surface area contributed by atoms with Gasteiger partial charge in [0.15, 0.2) is 5.13 Å². The van der Waals surface area contributed by atoms with Gasteiger partial charge in [0, 0.05) is 21.7 Å². The molecule has 2 N–H and O–H groups in total.